The summed E-state index contributed by atoms with van der Waals surface area (Å²) in [4.78, 5) is 13.9. The van der Waals surface area contributed by atoms with Crippen molar-refractivity contribution < 1.29 is 24.1 Å². The van der Waals surface area contributed by atoms with Crippen molar-refractivity contribution in [1.29, 1.82) is 0 Å². The summed E-state index contributed by atoms with van der Waals surface area (Å²) in [6, 6.07) is 13.5. The van der Waals surface area contributed by atoms with E-state index in [1.807, 2.05) is 49.4 Å². The molecule has 0 bridgehead atoms. The zero-order chi connectivity index (χ0) is 20.8. The number of carboxylic acids is 1. The Morgan fingerprint density at radius 2 is 1.79 bits per heavy atom. The smallest absolute Gasteiger partial charge is 0.307 e. The van der Waals surface area contributed by atoms with Crippen molar-refractivity contribution >= 4 is 5.97 Å². The average molecular weight is 399 g/mol. The quantitative estimate of drug-likeness (QED) is 0.724. The minimum atomic E-state index is -0.743. The van der Waals surface area contributed by atoms with Crippen molar-refractivity contribution in [2.24, 2.45) is 5.92 Å². The first-order valence-corrected chi connectivity index (χ1v) is 9.99. The molecule has 3 rings (SSSR count). The Morgan fingerprint density at radius 3 is 2.34 bits per heavy atom. The molecule has 6 nitrogen and oxygen atoms in total. The van der Waals surface area contributed by atoms with Crippen molar-refractivity contribution in [2.45, 2.75) is 25.8 Å². The first-order valence-electron chi connectivity index (χ1n) is 9.99. The van der Waals surface area contributed by atoms with Crippen LogP contribution in [0.1, 0.15) is 36.9 Å². The first-order chi connectivity index (χ1) is 14.1. The Hall–Kier alpha value is -2.73. The van der Waals surface area contributed by atoms with Gasteiger partial charge in [-0.3, -0.25) is 9.69 Å². The van der Waals surface area contributed by atoms with E-state index in [0.717, 1.165) is 41.3 Å². The fourth-order valence-electron chi connectivity index (χ4n) is 4.06. The molecule has 6 heteroatoms. The molecule has 0 aromatic heterocycles. The minimum absolute atomic E-state index is 0.182. The molecule has 1 fully saturated rings. The van der Waals surface area contributed by atoms with Crippen LogP contribution in [0.2, 0.25) is 0 Å². The van der Waals surface area contributed by atoms with Gasteiger partial charge in [-0.2, -0.15) is 0 Å². The lowest BCUT2D eigenvalue weighted by atomic mass is 9.90. The molecule has 0 amide bonds. The molecule has 2 aromatic carbocycles. The fraction of sp³-hybridized carbons (Fsp3) is 0.435. The van der Waals surface area contributed by atoms with Crippen molar-refractivity contribution in [3.05, 3.63) is 53.6 Å². The van der Waals surface area contributed by atoms with Crippen LogP contribution in [0.4, 0.5) is 0 Å². The Morgan fingerprint density at radius 1 is 1.14 bits per heavy atom. The van der Waals surface area contributed by atoms with Crippen LogP contribution in [0, 0.1) is 5.92 Å². The lowest BCUT2D eigenvalue weighted by Crippen LogP contribution is -2.41. The third-order valence-corrected chi connectivity index (χ3v) is 5.41. The molecule has 2 unspecified atom stereocenters. The summed E-state index contributed by atoms with van der Waals surface area (Å²) in [7, 11) is 3.29. The van der Waals surface area contributed by atoms with Gasteiger partial charge in [0.25, 0.3) is 0 Å². The minimum Gasteiger partial charge on any atom is -0.496 e. The number of carboxylic acid groups (broad SMARTS) is 1. The molecule has 156 valence electrons. The fourth-order valence-corrected chi connectivity index (χ4v) is 4.06. The van der Waals surface area contributed by atoms with Crippen LogP contribution in [0.3, 0.4) is 0 Å². The van der Waals surface area contributed by atoms with Crippen molar-refractivity contribution in [3.8, 4) is 17.2 Å². The van der Waals surface area contributed by atoms with Crippen molar-refractivity contribution in [2.75, 3.05) is 33.9 Å². The Balaban J connectivity index is 2.08. The van der Waals surface area contributed by atoms with Gasteiger partial charge in [-0.05, 0) is 56.1 Å². The molecule has 0 spiro atoms. The van der Waals surface area contributed by atoms with Crippen LogP contribution in [0.5, 0.6) is 17.2 Å². The third kappa shape index (κ3) is 4.65. The van der Waals surface area contributed by atoms with Crippen LogP contribution in [0.15, 0.2) is 42.5 Å². The lowest BCUT2D eigenvalue weighted by molar-refractivity contribution is -0.143. The normalized spacial score (nSPS) is 18.1. The van der Waals surface area contributed by atoms with Gasteiger partial charge < -0.3 is 19.3 Å². The van der Waals surface area contributed by atoms with Gasteiger partial charge in [0.05, 0.1) is 38.3 Å². The lowest BCUT2D eigenvalue weighted by Gasteiger charge is -2.38. The van der Waals surface area contributed by atoms with E-state index in [9.17, 15) is 9.90 Å². The monoisotopic (exact) mass is 399 g/mol. The largest absolute Gasteiger partial charge is 0.496 e. The second-order valence-electron chi connectivity index (χ2n) is 7.15. The van der Waals surface area contributed by atoms with E-state index in [1.165, 1.54) is 0 Å². The van der Waals surface area contributed by atoms with Gasteiger partial charge in [0, 0.05) is 6.54 Å². The summed E-state index contributed by atoms with van der Waals surface area (Å²) in [5.41, 5.74) is 1.95. The van der Waals surface area contributed by atoms with E-state index in [0.29, 0.717) is 19.6 Å². The second-order valence-corrected chi connectivity index (χ2v) is 7.15. The summed E-state index contributed by atoms with van der Waals surface area (Å²) in [5.74, 6) is 1.13. The van der Waals surface area contributed by atoms with Crippen molar-refractivity contribution in [3.63, 3.8) is 0 Å². The summed E-state index contributed by atoms with van der Waals surface area (Å²) in [5, 5.41) is 9.58. The zero-order valence-corrected chi connectivity index (χ0v) is 17.3. The number of rotatable bonds is 8. The molecule has 0 aliphatic carbocycles. The van der Waals surface area contributed by atoms with Crippen LogP contribution < -0.4 is 14.2 Å². The maximum absolute atomic E-state index is 11.7. The number of hydrogen-bond donors (Lipinski definition) is 1. The van der Waals surface area contributed by atoms with Crippen LogP contribution in [-0.2, 0) is 4.79 Å². The highest BCUT2D eigenvalue weighted by Crippen LogP contribution is 2.42. The Labute approximate surface area is 172 Å². The number of likely N-dealkylation sites (tertiary alicyclic amines) is 1. The molecule has 29 heavy (non-hydrogen) atoms. The highest BCUT2D eigenvalue weighted by molar-refractivity contribution is 5.70. The molecular formula is C23H29NO5. The topological polar surface area (TPSA) is 68.2 Å². The maximum Gasteiger partial charge on any atom is 0.307 e. The van der Waals surface area contributed by atoms with E-state index in [1.54, 1.807) is 14.2 Å². The van der Waals surface area contributed by atoms with Gasteiger partial charge in [-0.1, -0.05) is 18.2 Å². The zero-order valence-electron chi connectivity index (χ0n) is 17.3. The number of benzene rings is 2. The third-order valence-electron chi connectivity index (χ3n) is 5.41. The van der Waals surface area contributed by atoms with Crippen LogP contribution in [-0.4, -0.2) is 49.9 Å². The van der Waals surface area contributed by atoms with Gasteiger partial charge in [0.1, 0.15) is 17.2 Å². The average Bonchev–Trinajstić information content (AvgIpc) is 2.75. The van der Waals surface area contributed by atoms with Crippen LogP contribution >= 0.6 is 0 Å². The van der Waals surface area contributed by atoms with E-state index in [-0.39, 0.29) is 12.0 Å². The van der Waals surface area contributed by atoms with Crippen molar-refractivity contribution in [1.82, 2.24) is 4.90 Å². The maximum atomic E-state index is 11.7. The number of methoxy groups -OCH3 is 2. The number of ether oxygens (including phenoxy) is 3. The molecule has 1 N–H and O–H groups in total. The standard InChI is InChI=1S/C23H29NO5/c1-4-29-18-12-10-16(11-13-18)22(24-14-6-7-17(15-24)23(25)26)21-19(27-2)8-5-9-20(21)28-3/h5,8-13,17,22H,4,6-7,14-15H2,1-3H3,(H,25,26). The van der Waals surface area contributed by atoms with E-state index in [2.05, 4.69) is 4.90 Å². The molecule has 0 radical (unpaired) electrons. The number of carbonyl (C=O) groups is 1. The van der Waals surface area contributed by atoms with E-state index < -0.39 is 5.97 Å². The van der Waals surface area contributed by atoms with Gasteiger partial charge in [0.15, 0.2) is 0 Å². The molecular weight excluding hydrogens is 370 g/mol. The number of hydrogen-bond acceptors (Lipinski definition) is 5. The summed E-state index contributed by atoms with van der Waals surface area (Å²) < 4.78 is 16.9. The molecule has 1 heterocycles. The molecule has 1 aliphatic rings. The van der Waals surface area contributed by atoms with E-state index >= 15 is 0 Å². The molecule has 1 saturated heterocycles. The van der Waals surface area contributed by atoms with Gasteiger partial charge in [-0.25, -0.2) is 0 Å². The summed E-state index contributed by atoms with van der Waals surface area (Å²) >= 11 is 0. The number of nitrogens with zero attached hydrogens (tertiary/aromatic N) is 1. The predicted octanol–water partition coefficient (Wildman–Crippen LogP) is 3.99. The van der Waals surface area contributed by atoms with Gasteiger partial charge in [0.2, 0.25) is 0 Å². The highest BCUT2D eigenvalue weighted by atomic mass is 16.5. The molecule has 2 aromatic rings. The molecule has 1 aliphatic heterocycles. The summed E-state index contributed by atoms with van der Waals surface area (Å²) in [6.07, 6.45) is 1.53. The Bertz CT molecular complexity index is 798. The van der Waals surface area contributed by atoms with Gasteiger partial charge in [-0.15, -0.1) is 0 Å². The first kappa shape index (κ1) is 21.0. The summed E-state index contributed by atoms with van der Waals surface area (Å²) in [6.45, 7) is 3.85. The predicted molar refractivity (Wildman–Crippen MR) is 111 cm³/mol. The molecule has 0 saturated carbocycles. The SMILES string of the molecule is CCOc1ccc(C(c2c(OC)cccc2OC)N2CCCC(C(=O)O)C2)cc1. The van der Waals surface area contributed by atoms with Gasteiger partial charge >= 0.3 is 5.97 Å². The van der Waals surface area contributed by atoms with Crippen LogP contribution in [0.25, 0.3) is 0 Å². The number of piperidine rings is 1. The molecule has 2 atom stereocenters. The highest BCUT2D eigenvalue weighted by Gasteiger charge is 2.34. The second kappa shape index (κ2) is 9.65. The van der Waals surface area contributed by atoms with E-state index in [4.69, 9.17) is 14.2 Å². The number of aliphatic carboxylic acids is 1. The Kier molecular flexibility index (Phi) is 6.99.